The van der Waals surface area contributed by atoms with Gasteiger partial charge in [-0.15, -0.1) is 0 Å². The molecular weight excluding hydrogens is 450 g/mol. The van der Waals surface area contributed by atoms with Crippen molar-refractivity contribution in [2.24, 2.45) is 0 Å². The summed E-state index contributed by atoms with van der Waals surface area (Å²) in [4.78, 5) is 16.5. The molecule has 1 N–H and O–H groups in total. The summed E-state index contributed by atoms with van der Waals surface area (Å²) < 4.78 is 8.73. The number of hydrogen-bond donors (Lipinski definition) is 1. The zero-order valence-corrected chi connectivity index (χ0v) is 16.8. The Kier molecular flexibility index (Phi) is 5.75. The Morgan fingerprint density at radius 3 is 2.76 bits per heavy atom. The molecule has 0 aliphatic heterocycles. The monoisotopic (exact) mass is 465 g/mol. The number of hydrogen-bond acceptors (Lipinski definition) is 4. The van der Waals surface area contributed by atoms with Gasteiger partial charge in [0.15, 0.2) is 5.65 Å². The highest BCUT2D eigenvalue weighted by Crippen LogP contribution is 2.29. The Morgan fingerprint density at radius 1 is 1.28 bits per heavy atom. The zero-order valence-electron chi connectivity index (χ0n) is 13.6. The molecule has 0 spiro atoms. The van der Waals surface area contributed by atoms with E-state index in [1.54, 1.807) is 6.92 Å². The highest BCUT2D eigenvalue weighted by molar-refractivity contribution is 9.11. The molecule has 0 fully saturated rings. The highest BCUT2D eigenvalue weighted by Gasteiger charge is 2.16. The van der Waals surface area contributed by atoms with Gasteiger partial charge in [0.2, 0.25) is 0 Å². The molecule has 25 heavy (non-hydrogen) atoms. The maximum Gasteiger partial charge on any atom is 0.325 e. The fourth-order valence-corrected chi connectivity index (χ4v) is 3.85. The summed E-state index contributed by atoms with van der Waals surface area (Å²) >= 11 is 7.05. The van der Waals surface area contributed by atoms with Gasteiger partial charge in [0, 0.05) is 17.1 Å². The summed E-state index contributed by atoms with van der Waals surface area (Å²) in [7, 11) is 0. The predicted molar refractivity (Wildman–Crippen MR) is 105 cm³/mol. The minimum atomic E-state index is -0.294. The second kappa shape index (κ2) is 8.01. The van der Waals surface area contributed by atoms with Crippen LogP contribution in [0.25, 0.3) is 5.65 Å². The summed E-state index contributed by atoms with van der Waals surface area (Å²) in [5, 5.41) is 3.18. The van der Waals surface area contributed by atoms with Gasteiger partial charge in [-0.1, -0.05) is 30.3 Å². The lowest BCUT2D eigenvalue weighted by Crippen LogP contribution is -2.18. The maximum atomic E-state index is 11.7. The molecule has 5 nitrogen and oxygen atoms in total. The molecular formula is C18H17Br2N3O2. The molecule has 0 aliphatic rings. The van der Waals surface area contributed by atoms with Gasteiger partial charge in [-0.25, -0.2) is 4.98 Å². The van der Waals surface area contributed by atoms with Crippen LogP contribution in [-0.4, -0.2) is 28.5 Å². The van der Waals surface area contributed by atoms with E-state index in [2.05, 4.69) is 49.3 Å². The van der Waals surface area contributed by atoms with Gasteiger partial charge in [-0.2, -0.15) is 0 Å². The minimum Gasteiger partial charge on any atom is -0.465 e. The van der Waals surface area contributed by atoms with Crippen molar-refractivity contribution in [3.05, 3.63) is 62.8 Å². The van der Waals surface area contributed by atoms with Crippen molar-refractivity contribution >= 4 is 49.3 Å². The van der Waals surface area contributed by atoms with Gasteiger partial charge in [-0.05, 0) is 50.4 Å². The molecule has 0 radical (unpaired) electrons. The van der Waals surface area contributed by atoms with Crippen LogP contribution in [0.15, 0.2) is 51.5 Å². The molecule has 7 heteroatoms. The number of imidazole rings is 1. The molecule has 0 saturated heterocycles. The average Bonchev–Trinajstić information content (AvgIpc) is 2.92. The van der Waals surface area contributed by atoms with E-state index in [-0.39, 0.29) is 12.5 Å². The number of nitrogens with zero attached hydrogens (tertiary/aromatic N) is 2. The first-order valence-electron chi connectivity index (χ1n) is 7.88. The Bertz CT molecular complexity index is 894. The highest BCUT2D eigenvalue weighted by atomic mass is 79.9. The molecule has 2 aromatic heterocycles. The molecule has 130 valence electrons. The molecule has 3 rings (SSSR count). The topological polar surface area (TPSA) is 55.6 Å². The van der Waals surface area contributed by atoms with Crippen LogP contribution in [0.4, 0.5) is 5.82 Å². The van der Waals surface area contributed by atoms with Gasteiger partial charge in [-0.3, -0.25) is 9.20 Å². The van der Waals surface area contributed by atoms with Gasteiger partial charge < -0.3 is 10.1 Å². The number of esters is 1. The van der Waals surface area contributed by atoms with Crippen molar-refractivity contribution in [1.29, 1.82) is 0 Å². The van der Waals surface area contributed by atoms with Crippen molar-refractivity contribution in [2.45, 2.75) is 13.3 Å². The standard InChI is InChI=1S/C18H17Br2N3O2/c1-2-25-16(24)10-21-18-15(8-12-6-4-3-5-7-12)22-17-14(20)9-13(19)11-23(17)18/h3-7,9,11,21H,2,8,10H2,1H3. The Morgan fingerprint density at radius 2 is 2.04 bits per heavy atom. The molecule has 1 aromatic carbocycles. The number of ether oxygens (including phenoxy) is 1. The van der Waals surface area contributed by atoms with Crippen LogP contribution in [0.1, 0.15) is 18.2 Å². The number of anilines is 1. The number of rotatable bonds is 6. The van der Waals surface area contributed by atoms with Crippen LogP contribution in [0.3, 0.4) is 0 Å². The zero-order chi connectivity index (χ0) is 17.8. The van der Waals surface area contributed by atoms with Crippen molar-refractivity contribution < 1.29 is 9.53 Å². The van der Waals surface area contributed by atoms with E-state index in [9.17, 15) is 4.79 Å². The van der Waals surface area contributed by atoms with Crippen molar-refractivity contribution in [2.75, 3.05) is 18.5 Å². The van der Waals surface area contributed by atoms with E-state index in [0.29, 0.717) is 13.0 Å². The second-order valence-electron chi connectivity index (χ2n) is 5.43. The lowest BCUT2D eigenvalue weighted by Gasteiger charge is -2.09. The summed E-state index contributed by atoms with van der Waals surface area (Å²) in [6.07, 6.45) is 2.59. The molecule has 3 aromatic rings. The Balaban J connectivity index is 2.00. The van der Waals surface area contributed by atoms with Crippen LogP contribution in [0, 0.1) is 0 Å². The van der Waals surface area contributed by atoms with Crippen molar-refractivity contribution in [1.82, 2.24) is 9.38 Å². The molecule has 0 atom stereocenters. The van der Waals surface area contributed by atoms with Crippen LogP contribution >= 0.6 is 31.9 Å². The third-order valence-corrected chi connectivity index (χ3v) is 4.65. The SMILES string of the molecule is CCOC(=O)CNc1c(Cc2ccccc2)nc2c(Br)cc(Br)cn12. The van der Waals surface area contributed by atoms with E-state index < -0.39 is 0 Å². The Labute approximate surface area is 162 Å². The normalized spacial score (nSPS) is 10.8. The van der Waals surface area contributed by atoms with Crippen LogP contribution in [0.5, 0.6) is 0 Å². The van der Waals surface area contributed by atoms with E-state index >= 15 is 0 Å². The lowest BCUT2D eigenvalue weighted by atomic mass is 10.1. The fraction of sp³-hybridized carbons (Fsp3) is 0.222. The summed E-state index contributed by atoms with van der Waals surface area (Å²) in [6.45, 7) is 2.25. The number of halogens is 2. The molecule has 0 amide bonds. The predicted octanol–water partition coefficient (Wildman–Crippen LogP) is 4.43. The summed E-state index contributed by atoms with van der Waals surface area (Å²) in [6, 6.07) is 12.1. The largest absolute Gasteiger partial charge is 0.465 e. The van der Waals surface area contributed by atoms with Crippen molar-refractivity contribution in [3.8, 4) is 0 Å². The minimum absolute atomic E-state index is 0.0908. The number of nitrogens with one attached hydrogen (secondary N) is 1. The van der Waals surface area contributed by atoms with Crippen molar-refractivity contribution in [3.63, 3.8) is 0 Å². The molecule has 0 unspecified atom stereocenters. The van der Waals surface area contributed by atoms with Gasteiger partial charge >= 0.3 is 5.97 Å². The molecule has 0 bridgehead atoms. The van der Waals surface area contributed by atoms with E-state index in [1.807, 2.05) is 34.9 Å². The molecule has 0 aliphatic carbocycles. The number of carbonyl (C=O) groups is 1. The lowest BCUT2D eigenvalue weighted by molar-refractivity contribution is -0.140. The first-order valence-corrected chi connectivity index (χ1v) is 9.46. The number of aromatic nitrogens is 2. The first kappa shape index (κ1) is 17.9. The van der Waals surface area contributed by atoms with E-state index in [4.69, 9.17) is 9.72 Å². The van der Waals surface area contributed by atoms with Gasteiger partial charge in [0.25, 0.3) is 0 Å². The third-order valence-electron chi connectivity index (χ3n) is 3.63. The smallest absolute Gasteiger partial charge is 0.325 e. The quantitative estimate of drug-likeness (QED) is 0.546. The number of fused-ring (bicyclic) bond motifs is 1. The van der Waals surface area contributed by atoms with Crippen LogP contribution < -0.4 is 5.32 Å². The maximum absolute atomic E-state index is 11.7. The third kappa shape index (κ3) is 4.22. The fourth-order valence-electron chi connectivity index (χ4n) is 2.59. The summed E-state index contributed by atoms with van der Waals surface area (Å²) in [5.74, 6) is 0.492. The van der Waals surface area contributed by atoms with Gasteiger partial charge in [0.1, 0.15) is 12.4 Å². The van der Waals surface area contributed by atoms with E-state index in [1.165, 1.54) is 0 Å². The average molecular weight is 467 g/mol. The Hall–Kier alpha value is -1.86. The number of pyridine rings is 1. The summed E-state index contributed by atoms with van der Waals surface area (Å²) in [5.41, 5.74) is 2.81. The van der Waals surface area contributed by atoms with Crippen LogP contribution in [0.2, 0.25) is 0 Å². The second-order valence-corrected chi connectivity index (χ2v) is 7.20. The number of carbonyl (C=O) groups excluding carboxylic acids is 1. The molecule has 2 heterocycles. The first-order chi connectivity index (χ1) is 12.1. The van der Waals surface area contributed by atoms with Gasteiger partial charge in [0.05, 0.1) is 16.8 Å². The number of benzene rings is 1. The molecule has 0 saturated carbocycles. The van der Waals surface area contributed by atoms with E-state index in [0.717, 1.165) is 31.7 Å². The van der Waals surface area contributed by atoms with Crippen LogP contribution in [-0.2, 0) is 16.0 Å².